The summed E-state index contributed by atoms with van der Waals surface area (Å²) >= 11 is 5.96. The number of halogens is 3. The molecule has 24 heavy (non-hydrogen) atoms. The van der Waals surface area contributed by atoms with Crippen LogP contribution < -0.4 is 0 Å². The first-order chi connectivity index (χ1) is 11.6. The summed E-state index contributed by atoms with van der Waals surface area (Å²) in [5.74, 6) is -1.30. The Bertz CT molecular complexity index is 919. The average Bonchev–Trinajstić information content (AvgIpc) is 2.59. The van der Waals surface area contributed by atoms with Gasteiger partial charge in [-0.1, -0.05) is 16.8 Å². The lowest BCUT2D eigenvalue weighted by molar-refractivity contribution is 0.319. The van der Waals surface area contributed by atoms with Gasteiger partial charge in [-0.2, -0.15) is 0 Å². The Kier molecular flexibility index (Phi) is 4.43. The monoisotopic (exact) mass is 346 g/mol. The Morgan fingerprint density at radius 1 is 1.12 bits per heavy atom. The predicted octanol–water partition coefficient (Wildman–Crippen LogP) is 3.70. The normalized spacial score (nSPS) is 11.5. The van der Waals surface area contributed by atoms with Gasteiger partial charge < -0.3 is 5.21 Å². The summed E-state index contributed by atoms with van der Waals surface area (Å²) in [6.07, 6.45) is 5.55. The van der Waals surface area contributed by atoms with Crippen LogP contribution >= 0.6 is 11.6 Å². The summed E-state index contributed by atoms with van der Waals surface area (Å²) in [6, 6.07) is 4.89. The summed E-state index contributed by atoms with van der Waals surface area (Å²) in [6.45, 7) is 0. The molecule has 0 amide bonds. The van der Waals surface area contributed by atoms with Crippen LogP contribution in [0.3, 0.4) is 0 Å². The predicted molar refractivity (Wildman–Crippen MR) is 84.1 cm³/mol. The van der Waals surface area contributed by atoms with Gasteiger partial charge in [-0.15, -0.1) is 0 Å². The van der Waals surface area contributed by atoms with Gasteiger partial charge in [-0.25, -0.2) is 18.7 Å². The van der Waals surface area contributed by atoms with E-state index in [9.17, 15) is 14.0 Å². The standard InChI is InChI=1S/C16H9ClF2N4O/c17-13-5-10(18)1-2-12(13)15(23-24)16-14(19)11(3-4-22-16)9-6-20-8-21-7-9/h1-8,24H. The van der Waals surface area contributed by atoms with Gasteiger partial charge in [0.05, 0.1) is 5.02 Å². The number of nitrogens with zero attached hydrogens (tertiary/aromatic N) is 4. The molecule has 8 heteroatoms. The highest BCUT2D eigenvalue weighted by molar-refractivity contribution is 6.35. The Hall–Kier alpha value is -2.93. The molecule has 1 N–H and O–H groups in total. The molecule has 0 fully saturated rings. The molecule has 0 radical (unpaired) electrons. The number of hydrogen-bond acceptors (Lipinski definition) is 5. The summed E-state index contributed by atoms with van der Waals surface area (Å²) in [5, 5.41) is 12.4. The molecule has 0 unspecified atom stereocenters. The second-order valence-electron chi connectivity index (χ2n) is 4.72. The zero-order valence-electron chi connectivity index (χ0n) is 12.0. The third kappa shape index (κ3) is 2.93. The van der Waals surface area contributed by atoms with E-state index in [4.69, 9.17) is 11.6 Å². The summed E-state index contributed by atoms with van der Waals surface area (Å²) in [7, 11) is 0. The highest BCUT2D eigenvalue weighted by Crippen LogP contribution is 2.26. The minimum absolute atomic E-state index is 0.0301. The van der Waals surface area contributed by atoms with E-state index < -0.39 is 11.6 Å². The molecular formula is C16H9ClF2N4O. The van der Waals surface area contributed by atoms with Gasteiger partial charge >= 0.3 is 0 Å². The zero-order chi connectivity index (χ0) is 17.1. The molecule has 0 bridgehead atoms. The van der Waals surface area contributed by atoms with Gasteiger partial charge in [0.2, 0.25) is 0 Å². The number of benzene rings is 1. The van der Waals surface area contributed by atoms with E-state index in [1.165, 1.54) is 37.1 Å². The van der Waals surface area contributed by atoms with Gasteiger partial charge in [0.25, 0.3) is 0 Å². The van der Waals surface area contributed by atoms with Crippen LogP contribution in [-0.2, 0) is 0 Å². The van der Waals surface area contributed by atoms with E-state index in [0.717, 1.165) is 12.1 Å². The number of oxime groups is 1. The Morgan fingerprint density at radius 3 is 2.54 bits per heavy atom. The summed E-state index contributed by atoms with van der Waals surface area (Å²) in [4.78, 5) is 11.6. The molecular weight excluding hydrogens is 338 g/mol. The highest BCUT2D eigenvalue weighted by Gasteiger charge is 2.20. The highest BCUT2D eigenvalue weighted by atomic mass is 35.5. The molecule has 2 heterocycles. The molecule has 5 nitrogen and oxygen atoms in total. The van der Waals surface area contributed by atoms with E-state index in [2.05, 4.69) is 20.1 Å². The fourth-order valence-corrected chi connectivity index (χ4v) is 2.44. The van der Waals surface area contributed by atoms with Gasteiger partial charge in [0.1, 0.15) is 23.6 Å². The van der Waals surface area contributed by atoms with Crippen LogP contribution in [0.1, 0.15) is 11.3 Å². The lowest BCUT2D eigenvalue weighted by Gasteiger charge is -2.10. The maximum Gasteiger partial charge on any atom is 0.159 e. The molecule has 0 saturated heterocycles. The van der Waals surface area contributed by atoms with Crippen LogP contribution in [0.5, 0.6) is 0 Å². The van der Waals surface area contributed by atoms with Crippen molar-refractivity contribution in [1.82, 2.24) is 15.0 Å². The third-order valence-electron chi connectivity index (χ3n) is 3.27. The van der Waals surface area contributed by atoms with Gasteiger partial charge in [-0.3, -0.25) is 4.98 Å². The Morgan fingerprint density at radius 2 is 1.88 bits per heavy atom. The second kappa shape index (κ2) is 6.67. The summed E-state index contributed by atoms with van der Waals surface area (Å²) < 4.78 is 28.1. The minimum Gasteiger partial charge on any atom is -0.410 e. The van der Waals surface area contributed by atoms with Gasteiger partial charge in [-0.05, 0) is 24.3 Å². The van der Waals surface area contributed by atoms with Crippen molar-refractivity contribution < 1.29 is 14.0 Å². The molecule has 120 valence electrons. The first-order valence-corrected chi connectivity index (χ1v) is 7.07. The maximum atomic E-state index is 14.9. The number of aromatic nitrogens is 3. The second-order valence-corrected chi connectivity index (χ2v) is 5.13. The van der Waals surface area contributed by atoms with Crippen LogP contribution in [0, 0.1) is 11.6 Å². The van der Waals surface area contributed by atoms with Crippen LogP contribution in [0.2, 0.25) is 5.02 Å². The Balaban J connectivity index is 2.15. The van der Waals surface area contributed by atoms with E-state index in [0.29, 0.717) is 5.56 Å². The maximum absolute atomic E-state index is 14.9. The molecule has 3 rings (SSSR count). The molecule has 0 spiro atoms. The van der Waals surface area contributed by atoms with Crippen LogP contribution in [0.25, 0.3) is 11.1 Å². The molecule has 0 aliphatic carbocycles. The number of hydrogen-bond donors (Lipinski definition) is 1. The van der Waals surface area contributed by atoms with Crippen LogP contribution in [0.15, 0.2) is 54.3 Å². The van der Waals surface area contributed by atoms with Crippen molar-refractivity contribution in [2.45, 2.75) is 0 Å². The smallest absolute Gasteiger partial charge is 0.159 e. The van der Waals surface area contributed by atoms with E-state index in [1.54, 1.807) is 0 Å². The van der Waals surface area contributed by atoms with Gasteiger partial charge in [0, 0.05) is 35.3 Å². The fourth-order valence-electron chi connectivity index (χ4n) is 2.18. The molecule has 0 saturated carbocycles. The van der Waals surface area contributed by atoms with E-state index >= 15 is 0 Å². The van der Waals surface area contributed by atoms with Crippen molar-refractivity contribution in [3.63, 3.8) is 0 Å². The molecule has 1 aromatic carbocycles. The molecule has 0 aliphatic rings. The van der Waals surface area contributed by atoms with Crippen molar-refractivity contribution >= 4 is 17.3 Å². The van der Waals surface area contributed by atoms with Crippen molar-refractivity contribution in [2.24, 2.45) is 5.16 Å². The number of rotatable bonds is 3. The van der Waals surface area contributed by atoms with Crippen LogP contribution in [-0.4, -0.2) is 25.9 Å². The largest absolute Gasteiger partial charge is 0.410 e. The minimum atomic E-state index is -0.736. The molecule has 2 aromatic heterocycles. The van der Waals surface area contributed by atoms with Crippen molar-refractivity contribution in [3.8, 4) is 11.1 Å². The van der Waals surface area contributed by atoms with Gasteiger partial charge in [0.15, 0.2) is 5.82 Å². The first kappa shape index (κ1) is 15.9. The van der Waals surface area contributed by atoms with E-state index in [-0.39, 0.29) is 27.6 Å². The lowest BCUT2D eigenvalue weighted by atomic mass is 10.0. The molecule has 0 atom stereocenters. The topological polar surface area (TPSA) is 71.3 Å². The third-order valence-corrected chi connectivity index (χ3v) is 3.58. The average molecular weight is 347 g/mol. The Labute approximate surface area is 140 Å². The zero-order valence-corrected chi connectivity index (χ0v) is 12.7. The van der Waals surface area contributed by atoms with Crippen molar-refractivity contribution in [2.75, 3.05) is 0 Å². The fraction of sp³-hybridized carbons (Fsp3) is 0. The van der Waals surface area contributed by atoms with Crippen LogP contribution in [0.4, 0.5) is 8.78 Å². The molecule has 3 aromatic rings. The van der Waals surface area contributed by atoms with E-state index in [1.807, 2.05) is 0 Å². The lowest BCUT2D eigenvalue weighted by Crippen LogP contribution is -2.10. The SMILES string of the molecule is ON=C(c1ccc(F)cc1Cl)c1nccc(-c2cncnc2)c1F. The van der Waals surface area contributed by atoms with Crippen molar-refractivity contribution in [3.05, 3.63) is 77.1 Å². The van der Waals surface area contributed by atoms with Crippen molar-refractivity contribution in [1.29, 1.82) is 0 Å². The quantitative estimate of drug-likeness (QED) is 0.446. The summed E-state index contributed by atoms with van der Waals surface area (Å²) in [5.41, 5.74) is 0.318. The molecule has 0 aliphatic heterocycles. The first-order valence-electron chi connectivity index (χ1n) is 6.69. The number of pyridine rings is 1.